The number of hydrogen-bond acceptors (Lipinski definition) is 0. The van der Waals surface area contributed by atoms with Gasteiger partial charge in [-0.05, 0) is 10.3 Å². The summed E-state index contributed by atoms with van der Waals surface area (Å²) < 4.78 is 0. The summed E-state index contributed by atoms with van der Waals surface area (Å²) >= 11 is -0.333. The molecule has 0 fully saturated rings. The van der Waals surface area contributed by atoms with Crippen molar-refractivity contribution in [2.75, 3.05) is 0 Å². The van der Waals surface area contributed by atoms with E-state index in [0.717, 1.165) is 8.58 Å². The predicted molar refractivity (Wildman–Crippen MR) is 71.2 cm³/mol. The molecule has 0 aromatic carbocycles. The molecule has 0 saturated heterocycles. The molecular formula is C11H28GeP. The summed E-state index contributed by atoms with van der Waals surface area (Å²) in [6, 6.07) is 0. The summed E-state index contributed by atoms with van der Waals surface area (Å²) in [6.07, 6.45) is 0. The normalized spacial score (nSPS) is 12.5. The van der Waals surface area contributed by atoms with Crippen molar-refractivity contribution in [3.05, 3.63) is 0 Å². The number of rotatable bonds is 0. The average Bonchev–Trinajstić information content (AvgIpc) is 1.47. The van der Waals surface area contributed by atoms with Gasteiger partial charge in [0.1, 0.15) is 0 Å². The minimum atomic E-state index is -0.333. The van der Waals surface area contributed by atoms with Crippen LogP contribution in [0.15, 0.2) is 0 Å². The Hall–Kier alpha value is 0.973. The van der Waals surface area contributed by atoms with E-state index >= 15 is 0 Å². The molecule has 81 valence electrons. The molecule has 0 unspecified atom stereocenters. The van der Waals surface area contributed by atoms with E-state index in [1.807, 2.05) is 0 Å². The molecule has 0 aromatic heterocycles. The Balaban J connectivity index is 0. The second kappa shape index (κ2) is 6.46. The Kier molecular flexibility index (Phi) is 8.15. The van der Waals surface area contributed by atoms with Crippen molar-refractivity contribution >= 4 is 22.9 Å². The van der Waals surface area contributed by atoms with Crippen LogP contribution >= 0.6 is 8.58 Å². The van der Waals surface area contributed by atoms with Crippen molar-refractivity contribution in [3.63, 3.8) is 0 Å². The zero-order chi connectivity index (χ0) is 11.3. The van der Waals surface area contributed by atoms with Gasteiger partial charge in [0.05, 0.1) is 0 Å². The third-order valence-corrected chi connectivity index (χ3v) is 2.25. The maximum absolute atomic E-state index is 2.33. The van der Waals surface area contributed by atoms with E-state index in [9.17, 15) is 0 Å². The fourth-order valence-electron chi connectivity index (χ4n) is 1.12. The third-order valence-electron chi connectivity index (χ3n) is 0.750. The molecule has 0 nitrogen and oxygen atoms in total. The molecule has 1 radical (unpaired) electrons. The van der Waals surface area contributed by atoms with Crippen LogP contribution in [0.2, 0.25) is 17.3 Å². The van der Waals surface area contributed by atoms with Crippen LogP contribution < -0.4 is 0 Å². The molecule has 2 heteroatoms. The average molecular weight is 264 g/mol. The van der Waals surface area contributed by atoms with Crippen LogP contribution in [0.4, 0.5) is 0 Å². The fraction of sp³-hybridized carbons (Fsp3) is 1.00. The van der Waals surface area contributed by atoms with Crippen LogP contribution in [0.3, 0.4) is 0 Å². The van der Waals surface area contributed by atoms with Gasteiger partial charge in [0.25, 0.3) is 0 Å². The Morgan fingerprint density at radius 1 is 0.692 bits per heavy atom. The fourth-order valence-corrected chi connectivity index (χ4v) is 3.38. The van der Waals surface area contributed by atoms with Gasteiger partial charge in [-0.15, -0.1) is 8.58 Å². The molecule has 0 aliphatic rings. The van der Waals surface area contributed by atoms with Gasteiger partial charge < -0.3 is 0 Å². The van der Waals surface area contributed by atoms with Gasteiger partial charge in [0, 0.05) is 0 Å². The van der Waals surface area contributed by atoms with E-state index in [1.165, 1.54) is 0 Å². The van der Waals surface area contributed by atoms with E-state index in [-0.39, 0.29) is 14.3 Å². The SMILES string of the molecule is CC(C)(C)PC(C)(C)C.[CH3][Ge]([CH3])[CH3]. The van der Waals surface area contributed by atoms with Crippen molar-refractivity contribution in [2.24, 2.45) is 0 Å². The summed E-state index contributed by atoms with van der Waals surface area (Å²) in [6.45, 7) is 13.8. The molecular weight excluding hydrogens is 236 g/mol. The molecule has 0 heterocycles. The van der Waals surface area contributed by atoms with E-state index in [2.05, 4.69) is 58.8 Å². The van der Waals surface area contributed by atoms with Gasteiger partial charge in [0.2, 0.25) is 0 Å². The van der Waals surface area contributed by atoms with Gasteiger partial charge in [-0.1, -0.05) is 41.5 Å². The van der Waals surface area contributed by atoms with Crippen LogP contribution in [0.5, 0.6) is 0 Å². The molecule has 0 bridgehead atoms. The van der Waals surface area contributed by atoms with Crippen molar-refractivity contribution in [2.45, 2.75) is 69.1 Å². The van der Waals surface area contributed by atoms with Gasteiger partial charge in [-0.25, -0.2) is 0 Å². The Bertz CT molecular complexity index is 102. The summed E-state index contributed by atoms with van der Waals surface area (Å²) in [4.78, 5) is 0. The zero-order valence-corrected chi connectivity index (χ0v) is 14.1. The molecule has 0 spiro atoms. The standard InChI is InChI=1S/C8H19P.C3H9Ge/c1-7(2,3)9-8(4,5)6;1-4(2)3/h9H,1-6H3;1-3H3. The van der Waals surface area contributed by atoms with Gasteiger partial charge >= 0.3 is 31.6 Å². The van der Waals surface area contributed by atoms with Gasteiger partial charge in [-0.3, -0.25) is 0 Å². The molecule has 13 heavy (non-hydrogen) atoms. The second-order valence-corrected chi connectivity index (χ2v) is 15.7. The zero-order valence-electron chi connectivity index (χ0n) is 11.0. The van der Waals surface area contributed by atoms with Crippen LogP contribution in [0, 0.1) is 0 Å². The molecule has 0 amide bonds. The number of hydrogen-bond donors (Lipinski definition) is 0. The van der Waals surface area contributed by atoms with Crippen LogP contribution in [0.1, 0.15) is 41.5 Å². The summed E-state index contributed by atoms with van der Waals surface area (Å²) in [5.74, 6) is 7.00. The monoisotopic (exact) mass is 265 g/mol. The minimum absolute atomic E-state index is 0.333. The first kappa shape index (κ1) is 16.4. The molecule has 0 aliphatic heterocycles. The van der Waals surface area contributed by atoms with Gasteiger partial charge in [0.15, 0.2) is 0 Å². The predicted octanol–water partition coefficient (Wildman–Crippen LogP) is 4.63. The quantitative estimate of drug-likeness (QED) is 0.442. The van der Waals surface area contributed by atoms with Crippen LogP contribution in [0.25, 0.3) is 0 Å². The topological polar surface area (TPSA) is 0 Å². The Labute approximate surface area is 92.2 Å². The molecule has 0 atom stereocenters. The van der Waals surface area contributed by atoms with E-state index in [0.29, 0.717) is 10.3 Å². The molecule has 0 saturated carbocycles. The first-order valence-electron chi connectivity index (χ1n) is 5.00. The second-order valence-electron chi connectivity index (χ2n) is 6.12. The molecule has 0 N–H and O–H groups in total. The summed E-state index contributed by atoms with van der Waals surface area (Å²) in [7, 11) is 1.05. The van der Waals surface area contributed by atoms with E-state index < -0.39 is 0 Å². The first-order valence-corrected chi connectivity index (χ1v) is 12.3. The summed E-state index contributed by atoms with van der Waals surface area (Å²) in [5.41, 5.74) is 0. The van der Waals surface area contributed by atoms with Crippen molar-refractivity contribution in [1.82, 2.24) is 0 Å². The van der Waals surface area contributed by atoms with Crippen LogP contribution in [-0.2, 0) is 0 Å². The van der Waals surface area contributed by atoms with Crippen molar-refractivity contribution in [3.8, 4) is 0 Å². The molecule has 0 aromatic rings. The Morgan fingerprint density at radius 3 is 0.846 bits per heavy atom. The van der Waals surface area contributed by atoms with Gasteiger partial charge in [-0.2, -0.15) is 0 Å². The summed E-state index contributed by atoms with van der Waals surface area (Å²) in [5, 5.41) is 1.02. The molecule has 0 aliphatic carbocycles. The van der Waals surface area contributed by atoms with E-state index in [1.54, 1.807) is 0 Å². The third kappa shape index (κ3) is 32.1. The molecule has 0 rings (SSSR count). The van der Waals surface area contributed by atoms with Crippen molar-refractivity contribution < 1.29 is 0 Å². The van der Waals surface area contributed by atoms with E-state index in [4.69, 9.17) is 0 Å². The van der Waals surface area contributed by atoms with Crippen molar-refractivity contribution in [1.29, 1.82) is 0 Å². The maximum atomic E-state index is 2.33. The Morgan fingerprint density at radius 2 is 0.846 bits per heavy atom. The first-order chi connectivity index (χ1) is 5.44. The van der Waals surface area contributed by atoms with Crippen LogP contribution in [-0.4, -0.2) is 24.7 Å².